The summed E-state index contributed by atoms with van der Waals surface area (Å²) in [5, 5.41) is 19.5. The largest absolute Gasteiger partial charge is 0.366 e. The second kappa shape index (κ2) is 6.00. The van der Waals surface area contributed by atoms with Gasteiger partial charge >= 0.3 is 0 Å². The van der Waals surface area contributed by atoms with Gasteiger partial charge in [0.25, 0.3) is 0 Å². The highest BCUT2D eigenvalue weighted by molar-refractivity contribution is 5.33. The zero-order valence-corrected chi connectivity index (χ0v) is 12.2. The van der Waals surface area contributed by atoms with E-state index in [0.717, 1.165) is 12.8 Å². The van der Waals surface area contributed by atoms with Gasteiger partial charge in [-0.05, 0) is 29.9 Å². The van der Waals surface area contributed by atoms with Crippen molar-refractivity contribution < 1.29 is 10.2 Å². The molecule has 0 amide bonds. The van der Waals surface area contributed by atoms with Crippen LogP contribution in [0.3, 0.4) is 0 Å². The Morgan fingerprint density at radius 3 is 1.62 bits per heavy atom. The third kappa shape index (κ3) is 3.34. The molecule has 1 fully saturated rings. The number of benzene rings is 2. The van der Waals surface area contributed by atoms with Crippen molar-refractivity contribution in [2.45, 2.75) is 37.4 Å². The molecule has 2 heteroatoms. The topological polar surface area (TPSA) is 40.5 Å². The quantitative estimate of drug-likeness (QED) is 0.843. The lowest BCUT2D eigenvalue weighted by molar-refractivity contribution is -0.186. The van der Waals surface area contributed by atoms with E-state index in [1.54, 1.807) is 0 Å². The number of rotatable bonds is 3. The monoisotopic (exact) mass is 282 g/mol. The van der Waals surface area contributed by atoms with Gasteiger partial charge in [0.1, 0.15) is 0 Å². The fourth-order valence-corrected chi connectivity index (χ4v) is 3.49. The fourth-order valence-electron chi connectivity index (χ4n) is 3.49. The summed E-state index contributed by atoms with van der Waals surface area (Å²) in [7, 11) is 0. The van der Waals surface area contributed by atoms with Crippen LogP contribution in [0.5, 0.6) is 0 Å². The smallest absolute Gasteiger partial charge is 0.162 e. The fraction of sp³-hybridized carbons (Fsp3) is 0.368. The van der Waals surface area contributed by atoms with Crippen LogP contribution in [0.1, 0.15) is 42.7 Å². The minimum Gasteiger partial charge on any atom is -0.366 e. The van der Waals surface area contributed by atoms with Crippen molar-refractivity contribution in [3.8, 4) is 0 Å². The summed E-state index contributed by atoms with van der Waals surface area (Å²) < 4.78 is 0. The molecule has 1 aliphatic rings. The Labute approximate surface area is 126 Å². The maximum Gasteiger partial charge on any atom is 0.162 e. The molecule has 21 heavy (non-hydrogen) atoms. The van der Waals surface area contributed by atoms with Gasteiger partial charge in [0.2, 0.25) is 0 Å². The second-order valence-electron chi connectivity index (χ2n) is 6.12. The first-order chi connectivity index (χ1) is 10.2. The van der Waals surface area contributed by atoms with Gasteiger partial charge in [-0.25, -0.2) is 0 Å². The Balaban J connectivity index is 1.91. The highest BCUT2D eigenvalue weighted by Gasteiger charge is 2.35. The van der Waals surface area contributed by atoms with E-state index in [2.05, 4.69) is 48.5 Å². The molecule has 1 aliphatic carbocycles. The van der Waals surface area contributed by atoms with Crippen molar-refractivity contribution in [2.24, 2.45) is 5.92 Å². The predicted molar refractivity (Wildman–Crippen MR) is 83.9 cm³/mol. The first-order valence-electron chi connectivity index (χ1n) is 7.70. The molecule has 0 radical (unpaired) electrons. The summed E-state index contributed by atoms with van der Waals surface area (Å²) in [6.07, 6.45) is 2.63. The summed E-state index contributed by atoms with van der Waals surface area (Å²) in [6.45, 7) is 0. The van der Waals surface area contributed by atoms with Crippen LogP contribution in [0.15, 0.2) is 60.7 Å². The van der Waals surface area contributed by atoms with Crippen LogP contribution in [0, 0.1) is 5.92 Å². The third-order valence-electron chi connectivity index (χ3n) is 4.62. The summed E-state index contributed by atoms with van der Waals surface area (Å²) in [4.78, 5) is 0. The highest BCUT2D eigenvalue weighted by Crippen LogP contribution is 2.42. The Bertz CT molecular complexity index is 513. The molecule has 2 nitrogen and oxygen atoms in total. The normalized spacial score (nSPS) is 18.8. The van der Waals surface area contributed by atoms with E-state index in [9.17, 15) is 10.2 Å². The van der Waals surface area contributed by atoms with Gasteiger partial charge in [0.05, 0.1) is 0 Å². The van der Waals surface area contributed by atoms with Crippen LogP contribution in [0.4, 0.5) is 0 Å². The van der Waals surface area contributed by atoms with Crippen molar-refractivity contribution in [3.63, 3.8) is 0 Å². The highest BCUT2D eigenvalue weighted by atomic mass is 16.5. The van der Waals surface area contributed by atoms with Gasteiger partial charge in [0, 0.05) is 18.8 Å². The zero-order chi connectivity index (χ0) is 14.7. The first-order valence-corrected chi connectivity index (χ1v) is 7.70. The van der Waals surface area contributed by atoms with Gasteiger partial charge < -0.3 is 10.2 Å². The van der Waals surface area contributed by atoms with Crippen molar-refractivity contribution in [2.75, 3.05) is 0 Å². The SMILES string of the molecule is OC1(O)CCC(C(c2ccccc2)c2ccccc2)CC1. The predicted octanol–water partition coefficient (Wildman–Crippen LogP) is 3.69. The van der Waals surface area contributed by atoms with Crippen LogP contribution in [0.25, 0.3) is 0 Å². The van der Waals surface area contributed by atoms with E-state index in [1.807, 2.05) is 12.1 Å². The Hall–Kier alpha value is -1.64. The van der Waals surface area contributed by atoms with E-state index >= 15 is 0 Å². The standard InChI is InChI=1S/C19H22O2/c20-19(21)13-11-17(12-14-19)18(15-7-3-1-4-8-15)16-9-5-2-6-10-16/h1-10,17-18,20-21H,11-14H2. The molecule has 1 saturated carbocycles. The molecule has 3 rings (SSSR count). The Kier molecular flexibility index (Phi) is 4.09. The first kappa shape index (κ1) is 14.3. The van der Waals surface area contributed by atoms with E-state index in [-0.39, 0.29) is 0 Å². The van der Waals surface area contributed by atoms with E-state index in [0.29, 0.717) is 24.7 Å². The molecule has 2 aromatic carbocycles. The van der Waals surface area contributed by atoms with Gasteiger partial charge in [0.15, 0.2) is 5.79 Å². The molecule has 0 heterocycles. The van der Waals surface area contributed by atoms with Crippen LogP contribution in [0.2, 0.25) is 0 Å². The van der Waals surface area contributed by atoms with Crippen LogP contribution < -0.4 is 0 Å². The summed E-state index contributed by atoms with van der Waals surface area (Å²) in [6, 6.07) is 21.1. The minimum atomic E-state index is -1.46. The van der Waals surface area contributed by atoms with E-state index < -0.39 is 5.79 Å². The molecule has 0 bridgehead atoms. The maximum atomic E-state index is 9.77. The van der Waals surface area contributed by atoms with Crippen LogP contribution in [-0.2, 0) is 0 Å². The molecule has 0 aliphatic heterocycles. The van der Waals surface area contributed by atoms with Crippen molar-refractivity contribution >= 4 is 0 Å². The van der Waals surface area contributed by atoms with Crippen LogP contribution >= 0.6 is 0 Å². The van der Waals surface area contributed by atoms with Crippen molar-refractivity contribution in [1.82, 2.24) is 0 Å². The van der Waals surface area contributed by atoms with Gasteiger partial charge in [-0.3, -0.25) is 0 Å². The average Bonchev–Trinajstić information content (AvgIpc) is 2.51. The summed E-state index contributed by atoms with van der Waals surface area (Å²) >= 11 is 0. The molecule has 0 atom stereocenters. The molecule has 0 saturated heterocycles. The van der Waals surface area contributed by atoms with Gasteiger partial charge in [-0.15, -0.1) is 0 Å². The molecule has 110 valence electrons. The summed E-state index contributed by atoms with van der Waals surface area (Å²) in [5.41, 5.74) is 2.63. The molecule has 2 N–H and O–H groups in total. The maximum absolute atomic E-state index is 9.77. The van der Waals surface area contributed by atoms with Gasteiger partial charge in [-0.1, -0.05) is 60.7 Å². The lowest BCUT2D eigenvalue weighted by atomic mass is 9.72. The number of hydrogen-bond acceptors (Lipinski definition) is 2. The van der Waals surface area contributed by atoms with Crippen LogP contribution in [-0.4, -0.2) is 16.0 Å². The Morgan fingerprint density at radius 2 is 1.19 bits per heavy atom. The number of hydrogen-bond donors (Lipinski definition) is 2. The molecule has 0 spiro atoms. The molecule has 2 aromatic rings. The molecular weight excluding hydrogens is 260 g/mol. The lowest BCUT2D eigenvalue weighted by Crippen LogP contribution is -2.35. The summed E-state index contributed by atoms with van der Waals surface area (Å²) in [5.74, 6) is -0.667. The number of aliphatic hydroxyl groups is 2. The lowest BCUT2D eigenvalue weighted by Gasteiger charge is -2.36. The second-order valence-corrected chi connectivity index (χ2v) is 6.12. The van der Waals surface area contributed by atoms with Gasteiger partial charge in [-0.2, -0.15) is 0 Å². The van der Waals surface area contributed by atoms with Crippen molar-refractivity contribution in [1.29, 1.82) is 0 Å². The Morgan fingerprint density at radius 1 is 0.762 bits per heavy atom. The average molecular weight is 282 g/mol. The zero-order valence-electron chi connectivity index (χ0n) is 12.2. The molecule has 0 unspecified atom stereocenters. The molecular formula is C19H22O2. The molecule has 0 aromatic heterocycles. The van der Waals surface area contributed by atoms with E-state index in [1.165, 1.54) is 11.1 Å². The van der Waals surface area contributed by atoms with E-state index in [4.69, 9.17) is 0 Å². The minimum absolute atomic E-state index is 0.337. The third-order valence-corrected chi connectivity index (χ3v) is 4.62. The van der Waals surface area contributed by atoms with Crippen molar-refractivity contribution in [3.05, 3.63) is 71.8 Å².